The van der Waals surface area contributed by atoms with Gasteiger partial charge in [-0.05, 0) is 49.2 Å². The van der Waals surface area contributed by atoms with Crippen molar-refractivity contribution in [3.63, 3.8) is 0 Å². The number of hydrogen-bond donors (Lipinski definition) is 3. The number of aliphatic hydroxyl groups is 2. The first-order valence-corrected chi connectivity index (χ1v) is 9.56. The Kier molecular flexibility index (Phi) is 6.35. The third-order valence-corrected chi connectivity index (χ3v) is 4.81. The molecule has 7 nitrogen and oxygen atoms in total. The van der Waals surface area contributed by atoms with Crippen LogP contribution in [0.3, 0.4) is 0 Å². The van der Waals surface area contributed by atoms with E-state index >= 15 is 0 Å². The van der Waals surface area contributed by atoms with E-state index in [1.807, 2.05) is 31.4 Å². The fourth-order valence-electron chi connectivity index (χ4n) is 2.69. The van der Waals surface area contributed by atoms with Crippen LogP contribution in [0.2, 0.25) is 0 Å². The van der Waals surface area contributed by atoms with Crippen molar-refractivity contribution in [3.8, 4) is 17.0 Å². The van der Waals surface area contributed by atoms with E-state index in [2.05, 4.69) is 15.3 Å². The van der Waals surface area contributed by atoms with Gasteiger partial charge in [-0.25, -0.2) is 4.98 Å². The molecule has 3 rings (SSSR count). The van der Waals surface area contributed by atoms with E-state index in [9.17, 15) is 9.90 Å². The highest BCUT2D eigenvalue weighted by atomic mass is 32.1. The molecule has 1 atom stereocenters. The topological polar surface area (TPSA) is 105 Å². The van der Waals surface area contributed by atoms with E-state index in [-0.39, 0.29) is 19.1 Å². The largest absolute Gasteiger partial charge is 0.490 e. The minimum absolute atomic E-state index is 0.0272. The third-order valence-electron chi connectivity index (χ3n) is 4.05. The Hall–Kier alpha value is -2.81. The van der Waals surface area contributed by atoms with Crippen molar-refractivity contribution in [2.24, 2.45) is 0 Å². The van der Waals surface area contributed by atoms with Gasteiger partial charge in [-0.2, -0.15) is 0 Å². The second-order valence-electron chi connectivity index (χ2n) is 6.31. The Labute approximate surface area is 166 Å². The van der Waals surface area contributed by atoms with Crippen LogP contribution < -0.4 is 10.1 Å². The molecule has 1 unspecified atom stereocenters. The molecule has 0 aliphatic heterocycles. The van der Waals surface area contributed by atoms with Gasteiger partial charge in [0.2, 0.25) is 0 Å². The quantitative estimate of drug-likeness (QED) is 0.564. The number of aryl methyl sites for hydroxylation is 2. The molecule has 1 aromatic carbocycles. The van der Waals surface area contributed by atoms with Crippen LogP contribution in [-0.2, 0) is 0 Å². The SMILES string of the molecule is Cc1cc(-c2csc(NC(=O)c3ccncc3)n2)cc(C)c1OCC(O)CO. The molecule has 2 aromatic heterocycles. The van der Waals surface area contributed by atoms with E-state index in [0.717, 1.165) is 22.4 Å². The Morgan fingerprint density at radius 2 is 1.93 bits per heavy atom. The number of amides is 1. The number of carbonyl (C=O) groups excluding carboxylic acids is 1. The van der Waals surface area contributed by atoms with E-state index in [1.165, 1.54) is 11.3 Å². The van der Waals surface area contributed by atoms with Crippen LogP contribution >= 0.6 is 11.3 Å². The molecule has 0 radical (unpaired) electrons. The van der Waals surface area contributed by atoms with Crippen LogP contribution in [0.25, 0.3) is 11.3 Å². The zero-order valence-corrected chi connectivity index (χ0v) is 16.4. The highest BCUT2D eigenvalue weighted by Crippen LogP contribution is 2.32. The van der Waals surface area contributed by atoms with Crippen molar-refractivity contribution >= 4 is 22.4 Å². The number of anilines is 1. The van der Waals surface area contributed by atoms with Crippen LogP contribution in [0, 0.1) is 13.8 Å². The lowest BCUT2D eigenvalue weighted by atomic mass is 10.0. The van der Waals surface area contributed by atoms with Crippen molar-refractivity contribution < 1.29 is 19.7 Å². The average Bonchev–Trinajstić information content (AvgIpc) is 3.16. The third kappa shape index (κ3) is 4.72. The van der Waals surface area contributed by atoms with Crippen molar-refractivity contribution in [3.05, 3.63) is 58.7 Å². The number of benzene rings is 1. The number of carbonyl (C=O) groups is 1. The number of rotatable bonds is 7. The molecule has 0 saturated carbocycles. The number of aromatic nitrogens is 2. The summed E-state index contributed by atoms with van der Waals surface area (Å²) in [6.45, 7) is 3.51. The van der Waals surface area contributed by atoms with Gasteiger partial charge < -0.3 is 14.9 Å². The summed E-state index contributed by atoms with van der Waals surface area (Å²) in [6, 6.07) is 7.17. The summed E-state index contributed by atoms with van der Waals surface area (Å²) in [6.07, 6.45) is 2.22. The maximum Gasteiger partial charge on any atom is 0.257 e. The summed E-state index contributed by atoms with van der Waals surface area (Å²) < 4.78 is 5.63. The van der Waals surface area contributed by atoms with Crippen LogP contribution in [0.15, 0.2) is 42.0 Å². The first-order chi connectivity index (χ1) is 13.5. The Morgan fingerprint density at radius 3 is 2.57 bits per heavy atom. The number of nitrogens with zero attached hydrogens (tertiary/aromatic N) is 2. The van der Waals surface area contributed by atoms with Crippen molar-refractivity contribution in [1.29, 1.82) is 0 Å². The molecule has 0 saturated heterocycles. The molecule has 1 amide bonds. The van der Waals surface area contributed by atoms with Gasteiger partial charge in [-0.1, -0.05) is 0 Å². The van der Waals surface area contributed by atoms with E-state index in [0.29, 0.717) is 16.4 Å². The summed E-state index contributed by atoms with van der Waals surface area (Å²) in [7, 11) is 0. The minimum atomic E-state index is -0.913. The number of nitrogens with one attached hydrogen (secondary N) is 1. The predicted octanol–water partition coefficient (Wildman–Crippen LogP) is 2.81. The summed E-state index contributed by atoms with van der Waals surface area (Å²) >= 11 is 1.35. The van der Waals surface area contributed by atoms with Gasteiger partial charge in [-0.3, -0.25) is 15.1 Å². The summed E-state index contributed by atoms with van der Waals surface area (Å²) in [4.78, 5) is 20.6. The van der Waals surface area contributed by atoms with Crippen LogP contribution in [0.5, 0.6) is 5.75 Å². The predicted molar refractivity (Wildman–Crippen MR) is 108 cm³/mol. The van der Waals surface area contributed by atoms with Crippen molar-refractivity contribution in [1.82, 2.24) is 9.97 Å². The molecule has 0 aliphatic rings. The monoisotopic (exact) mass is 399 g/mol. The van der Waals surface area contributed by atoms with Gasteiger partial charge in [-0.15, -0.1) is 11.3 Å². The molecule has 0 aliphatic carbocycles. The Balaban J connectivity index is 1.75. The maximum absolute atomic E-state index is 12.2. The normalized spacial score (nSPS) is 11.9. The summed E-state index contributed by atoms with van der Waals surface area (Å²) in [5.41, 5.74) is 3.98. The lowest BCUT2D eigenvalue weighted by molar-refractivity contribution is 0.0532. The van der Waals surface area contributed by atoms with Crippen LogP contribution in [0.1, 0.15) is 21.5 Å². The molecule has 146 valence electrons. The summed E-state index contributed by atoms with van der Waals surface area (Å²) in [5.74, 6) is 0.444. The molecule has 0 bridgehead atoms. The van der Waals surface area contributed by atoms with E-state index in [4.69, 9.17) is 9.84 Å². The van der Waals surface area contributed by atoms with E-state index < -0.39 is 6.10 Å². The molecule has 8 heteroatoms. The smallest absolute Gasteiger partial charge is 0.257 e. The standard InChI is InChI=1S/C20H21N3O4S/c1-12-7-15(8-13(2)18(12)27-10-16(25)9-24)17-11-28-20(22-17)23-19(26)14-3-5-21-6-4-14/h3-8,11,16,24-25H,9-10H2,1-2H3,(H,22,23,26). The number of pyridine rings is 1. The lowest BCUT2D eigenvalue weighted by Crippen LogP contribution is -2.21. The van der Waals surface area contributed by atoms with Crippen LogP contribution in [-0.4, -0.2) is 45.4 Å². The fourth-order valence-corrected chi connectivity index (χ4v) is 3.41. The molecule has 2 heterocycles. The van der Waals surface area contributed by atoms with Gasteiger partial charge >= 0.3 is 0 Å². The Bertz CT molecular complexity index is 936. The molecule has 3 aromatic rings. The van der Waals surface area contributed by atoms with Gasteiger partial charge in [0, 0.05) is 28.9 Å². The first kappa shape index (κ1) is 19.9. The minimum Gasteiger partial charge on any atom is -0.490 e. The fraction of sp³-hybridized carbons (Fsp3) is 0.250. The molecule has 0 spiro atoms. The lowest BCUT2D eigenvalue weighted by Gasteiger charge is -2.15. The average molecular weight is 399 g/mol. The number of aliphatic hydroxyl groups excluding tert-OH is 2. The molecular weight excluding hydrogens is 378 g/mol. The van der Waals surface area contributed by atoms with Gasteiger partial charge in [0.25, 0.3) is 5.91 Å². The highest BCUT2D eigenvalue weighted by Gasteiger charge is 2.13. The molecular formula is C20H21N3O4S. The zero-order chi connectivity index (χ0) is 20.1. The van der Waals surface area contributed by atoms with Crippen molar-refractivity contribution in [2.45, 2.75) is 20.0 Å². The Morgan fingerprint density at radius 1 is 1.25 bits per heavy atom. The van der Waals surface area contributed by atoms with Crippen LogP contribution in [0.4, 0.5) is 5.13 Å². The highest BCUT2D eigenvalue weighted by molar-refractivity contribution is 7.14. The summed E-state index contributed by atoms with van der Waals surface area (Å²) in [5, 5.41) is 23.6. The van der Waals surface area contributed by atoms with E-state index in [1.54, 1.807) is 24.5 Å². The first-order valence-electron chi connectivity index (χ1n) is 8.68. The number of hydrogen-bond acceptors (Lipinski definition) is 7. The number of ether oxygens (including phenoxy) is 1. The van der Waals surface area contributed by atoms with Gasteiger partial charge in [0.15, 0.2) is 5.13 Å². The van der Waals surface area contributed by atoms with Gasteiger partial charge in [0.1, 0.15) is 18.5 Å². The second-order valence-corrected chi connectivity index (χ2v) is 7.17. The van der Waals surface area contributed by atoms with Gasteiger partial charge in [0.05, 0.1) is 12.3 Å². The maximum atomic E-state index is 12.2. The zero-order valence-electron chi connectivity index (χ0n) is 15.5. The molecule has 3 N–H and O–H groups in total. The second kappa shape index (κ2) is 8.92. The molecule has 0 fully saturated rings. The molecule has 28 heavy (non-hydrogen) atoms. The number of thiazole rings is 1. The van der Waals surface area contributed by atoms with Crippen molar-refractivity contribution in [2.75, 3.05) is 18.5 Å².